The highest BCUT2D eigenvalue weighted by atomic mass is 127. The lowest BCUT2D eigenvalue weighted by atomic mass is 10.1. The van der Waals surface area contributed by atoms with Crippen LogP contribution in [0.25, 0.3) is 10.9 Å². The predicted octanol–water partition coefficient (Wildman–Crippen LogP) is 5.47. The Bertz CT molecular complexity index is 640. The maximum Gasteiger partial charge on any atom is 0.433 e. The Morgan fingerprint density at radius 3 is 2.39 bits per heavy atom. The quantitative estimate of drug-likeness (QED) is 0.529. The van der Waals surface area contributed by atoms with Crippen LogP contribution in [0.3, 0.4) is 0 Å². The molecule has 0 fully saturated rings. The third-order valence-electron chi connectivity index (χ3n) is 2.47. The fourth-order valence-electron chi connectivity index (χ4n) is 1.62. The van der Waals surface area contributed by atoms with Crippen molar-refractivity contribution in [3.05, 3.63) is 37.0 Å². The van der Waals surface area contributed by atoms with E-state index in [1.165, 1.54) is 13.0 Å². The summed E-state index contributed by atoms with van der Waals surface area (Å²) >= 11 is 13.9. The third-order valence-corrected chi connectivity index (χ3v) is 4.15. The molecule has 1 aromatic carbocycles. The predicted molar refractivity (Wildman–Crippen MR) is 74.2 cm³/mol. The number of halogens is 6. The molecule has 0 saturated heterocycles. The molecule has 1 aromatic heterocycles. The Hall–Kier alpha value is -0.270. The highest BCUT2D eigenvalue weighted by molar-refractivity contribution is 14.1. The van der Waals surface area contributed by atoms with Gasteiger partial charge in [0.15, 0.2) is 0 Å². The van der Waals surface area contributed by atoms with Gasteiger partial charge in [-0.25, -0.2) is 4.98 Å². The van der Waals surface area contributed by atoms with Gasteiger partial charge in [0.2, 0.25) is 0 Å². The topological polar surface area (TPSA) is 12.9 Å². The molecule has 0 saturated carbocycles. The number of rotatable bonds is 0. The molecule has 1 heterocycles. The molecule has 18 heavy (non-hydrogen) atoms. The molecular weight excluding hydrogens is 401 g/mol. The van der Waals surface area contributed by atoms with Gasteiger partial charge in [-0.15, -0.1) is 0 Å². The maximum atomic E-state index is 12.8. The molecule has 1 nitrogen and oxygen atoms in total. The second-order valence-corrected chi connectivity index (χ2v) is 5.60. The van der Waals surface area contributed by atoms with Crippen LogP contribution >= 0.6 is 45.8 Å². The van der Waals surface area contributed by atoms with Gasteiger partial charge in [-0.1, -0.05) is 23.2 Å². The first-order valence-electron chi connectivity index (χ1n) is 4.74. The molecule has 0 radical (unpaired) electrons. The molecule has 2 aromatic rings. The first-order valence-corrected chi connectivity index (χ1v) is 6.58. The van der Waals surface area contributed by atoms with Gasteiger partial charge in [-0.3, -0.25) is 0 Å². The Kier molecular flexibility index (Phi) is 3.68. The lowest BCUT2D eigenvalue weighted by molar-refractivity contribution is -0.141. The van der Waals surface area contributed by atoms with E-state index in [0.717, 1.165) is 0 Å². The lowest BCUT2D eigenvalue weighted by Gasteiger charge is -2.14. The first-order chi connectivity index (χ1) is 8.23. The maximum absolute atomic E-state index is 12.8. The SMILES string of the molecule is Cc1c(C(F)(F)F)nc2c(Cl)ccc(I)c2c1Cl. The molecule has 7 heteroatoms. The highest BCUT2D eigenvalue weighted by Gasteiger charge is 2.36. The number of benzene rings is 1. The average molecular weight is 406 g/mol. The van der Waals surface area contributed by atoms with Crippen LogP contribution in [0.5, 0.6) is 0 Å². The van der Waals surface area contributed by atoms with Crippen LogP contribution < -0.4 is 0 Å². The molecule has 0 unspecified atom stereocenters. The molecule has 0 bridgehead atoms. The lowest BCUT2D eigenvalue weighted by Crippen LogP contribution is -2.11. The smallest absolute Gasteiger partial charge is 0.241 e. The van der Waals surface area contributed by atoms with Crippen molar-refractivity contribution in [3.8, 4) is 0 Å². The van der Waals surface area contributed by atoms with Crippen LogP contribution in [0.2, 0.25) is 10.0 Å². The molecular formula is C11H5Cl2F3IN. The van der Waals surface area contributed by atoms with Crippen molar-refractivity contribution in [1.82, 2.24) is 4.98 Å². The van der Waals surface area contributed by atoms with Crippen molar-refractivity contribution in [2.75, 3.05) is 0 Å². The molecule has 0 aliphatic heterocycles. The molecule has 0 spiro atoms. The second-order valence-electron chi connectivity index (χ2n) is 3.65. The zero-order valence-electron chi connectivity index (χ0n) is 8.87. The summed E-state index contributed by atoms with van der Waals surface area (Å²) in [7, 11) is 0. The van der Waals surface area contributed by atoms with Gasteiger partial charge in [0, 0.05) is 8.96 Å². The van der Waals surface area contributed by atoms with Crippen molar-refractivity contribution in [1.29, 1.82) is 0 Å². The van der Waals surface area contributed by atoms with Gasteiger partial charge in [0.25, 0.3) is 0 Å². The standard InChI is InChI=1S/C11H5Cl2F3IN/c1-4-8(13)7-6(17)3-2-5(12)9(7)18-10(4)11(14,15)16/h2-3H,1H3. The Morgan fingerprint density at radius 2 is 1.83 bits per heavy atom. The van der Waals surface area contributed by atoms with Crippen LogP contribution in [0, 0.1) is 10.5 Å². The molecule has 96 valence electrons. The molecule has 0 aliphatic carbocycles. The van der Waals surface area contributed by atoms with Gasteiger partial charge < -0.3 is 0 Å². The average Bonchev–Trinajstić information content (AvgIpc) is 2.26. The Balaban J connectivity index is 2.97. The number of alkyl halides is 3. The number of fused-ring (bicyclic) bond motifs is 1. The summed E-state index contributed by atoms with van der Waals surface area (Å²) < 4.78 is 39.2. The zero-order valence-corrected chi connectivity index (χ0v) is 12.5. The number of hydrogen-bond acceptors (Lipinski definition) is 1. The minimum Gasteiger partial charge on any atom is -0.241 e. The van der Waals surface area contributed by atoms with E-state index in [1.807, 2.05) is 22.6 Å². The Labute approximate surface area is 124 Å². The van der Waals surface area contributed by atoms with E-state index >= 15 is 0 Å². The number of nitrogens with zero attached hydrogens (tertiary/aromatic N) is 1. The zero-order chi connectivity index (χ0) is 13.7. The van der Waals surface area contributed by atoms with Gasteiger partial charge >= 0.3 is 6.18 Å². The van der Waals surface area contributed by atoms with E-state index in [-0.39, 0.29) is 21.1 Å². The van der Waals surface area contributed by atoms with Crippen molar-refractivity contribution < 1.29 is 13.2 Å². The van der Waals surface area contributed by atoms with E-state index in [2.05, 4.69) is 4.98 Å². The fourth-order valence-corrected chi connectivity index (χ4v) is 2.97. The summed E-state index contributed by atoms with van der Waals surface area (Å²) in [6.45, 7) is 1.30. The Morgan fingerprint density at radius 1 is 1.22 bits per heavy atom. The minimum absolute atomic E-state index is 0.0409. The van der Waals surface area contributed by atoms with Crippen molar-refractivity contribution in [3.63, 3.8) is 0 Å². The monoisotopic (exact) mass is 405 g/mol. The van der Waals surface area contributed by atoms with E-state index in [1.54, 1.807) is 6.07 Å². The second kappa shape index (κ2) is 4.68. The summed E-state index contributed by atoms with van der Waals surface area (Å²) in [5, 5.41) is 0.646. The van der Waals surface area contributed by atoms with Crippen molar-refractivity contribution in [2.24, 2.45) is 0 Å². The molecule has 0 atom stereocenters. The molecule has 0 aliphatic rings. The summed E-state index contributed by atoms with van der Waals surface area (Å²) in [6.07, 6.45) is -4.55. The first kappa shape index (κ1) is 14.1. The molecule has 2 rings (SSSR count). The summed E-state index contributed by atoms with van der Waals surface area (Å²) in [4.78, 5) is 3.62. The minimum atomic E-state index is -4.55. The van der Waals surface area contributed by atoms with E-state index in [9.17, 15) is 13.2 Å². The van der Waals surface area contributed by atoms with Gasteiger partial charge in [-0.2, -0.15) is 13.2 Å². The normalized spacial score (nSPS) is 12.2. The molecule has 0 amide bonds. The van der Waals surface area contributed by atoms with Crippen molar-refractivity contribution >= 4 is 56.7 Å². The summed E-state index contributed by atoms with van der Waals surface area (Å²) in [6, 6.07) is 3.19. The van der Waals surface area contributed by atoms with Crippen LogP contribution in [-0.2, 0) is 6.18 Å². The largest absolute Gasteiger partial charge is 0.433 e. The van der Waals surface area contributed by atoms with Crippen molar-refractivity contribution in [2.45, 2.75) is 13.1 Å². The third kappa shape index (κ3) is 2.28. The number of hydrogen-bond donors (Lipinski definition) is 0. The van der Waals surface area contributed by atoms with Gasteiger partial charge in [0.05, 0.1) is 15.6 Å². The number of aromatic nitrogens is 1. The van der Waals surface area contributed by atoms with Crippen LogP contribution in [0.15, 0.2) is 12.1 Å². The van der Waals surface area contributed by atoms with E-state index in [0.29, 0.717) is 8.96 Å². The van der Waals surface area contributed by atoms with Crippen LogP contribution in [0.4, 0.5) is 13.2 Å². The van der Waals surface area contributed by atoms with Gasteiger partial charge in [-0.05, 0) is 47.2 Å². The van der Waals surface area contributed by atoms with E-state index in [4.69, 9.17) is 23.2 Å². The number of pyridine rings is 1. The van der Waals surface area contributed by atoms with Gasteiger partial charge in [0.1, 0.15) is 5.69 Å². The fraction of sp³-hybridized carbons (Fsp3) is 0.182. The van der Waals surface area contributed by atoms with Crippen LogP contribution in [0.1, 0.15) is 11.3 Å². The van der Waals surface area contributed by atoms with Crippen LogP contribution in [-0.4, -0.2) is 4.98 Å². The molecule has 0 N–H and O–H groups in total. The summed E-state index contributed by atoms with van der Waals surface area (Å²) in [5.74, 6) is 0. The van der Waals surface area contributed by atoms with E-state index < -0.39 is 11.9 Å². The summed E-state index contributed by atoms with van der Waals surface area (Å²) in [5.41, 5.74) is -1.01. The highest BCUT2D eigenvalue weighted by Crippen LogP contribution is 2.39.